The quantitative estimate of drug-likeness (QED) is 0.816. The van der Waals surface area contributed by atoms with E-state index in [0.29, 0.717) is 17.7 Å². The smallest absolute Gasteiger partial charge is 0.307 e. The summed E-state index contributed by atoms with van der Waals surface area (Å²) in [6.45, 7) is 1.98. The average Bonchev–Trinajstić information content (AvgIpc) is 2.56. The van der Waals surface area contributed by atoms with Gasteiger partial charge in [-0.25, -0.2) is 0 Å². The van der Waals surface area contributed by atoms with Gasteiger partial charge in [0.05, 0.1) is 13.5 Å². The van der Waals surface area contributed by atoms with E-state index in [1.165, 1.54) is 0 Å². The molecule has 0 spiro atoms. The van der Waals surface area contributed by atoms with Crippen LogP contribution in [-0.4, -0.2) is 24.1 Å². The van der Waals surface area contributed by atoms with Gasteiger partial charge >= 0.3 is 5.97 Å². The number of rotatable bonds is 7. The second-order valence-electron chi connectivity index (χ2n) is 5.66. The maximum Gasteiger partial charge on any atom is 0.307 e. The fourth-order valence-electron chi connectivity index (χ4n) is 2.55. The van der Waals surface area contributed by atoms with E-state index in [2.05, 4.69) is 5.32 Å². The van der Waals surface area contributed by atoms with Crippen LogP contribution in [0.4, 0.5) is 5.69 Å². The highest BCUT2D eigenvalue weighted by atomic mass is 16.5. The van der Waals surface area contributed by atoms with Crippen LogP contribution in [0.25, 0.3) is 0 Å². The van der Waals surface area contributed by atoms with Crippen LogP contribution in [0.3, 0.4) is 0 Å². The van der Waals surface area contributed by atoms with E-state index in [1.807, 2.05) is 31.2 Å². The highest BCUT2D eigenvalue weighted by Crippen LogP contribution is 2.28. The topological polar surface area (TPSA) is 75.6 Å². The van der Waals surface area contributed by atoms with Crippen LogP contribution in [-0.2, 0) is 16.0 Å². The third-order valence-corrected chi connectivity index (χ3v) is 3.75. The van der Waals surface area contributed by atoms with E-state index < -0.39 is 5.97 Å². The van der Waals surface area contributed by atoms with Crippen molar-refractivity contribution in [3.8, 4) is 5.75 Å². The minimum absolute atomic E-state index is 0.0208. The van der Waals surface area contributed by atoms with Crippen LogP contribution >= 0.6 is 0 Å². The molecule has 126 valence electrons. The zero-order chi connectivity index (χ0) is 17.5. The summed E-state index contributed by atoms with van der Waals surface area (Å²) in [5.74, 6) is -0.180. The SMILES string of the molecule is COc1ccccc1C(C)CC(=O)Nc1ccc(CC(=O)O)cc1. The number of methoxy groups -OCH3 is 1. The van der Waals surface area contributed by atoms with Crippen molar-refractivity contribution in [1.82, 2.24) is 0 Å². The number of amides is 1. The summed E-state index contributed by atoms with van der Waals surface area (Å²) >= 11 is 0. The number of para-hydroxylation sites is 1. The third kappa shape index (κ3) is 4.84. The number of benzene rings is 2. The van der Waals surface area contributed by atoms with E-state index in [4.69, 9.17) is 9.84 Å². The lowest BCUT2D eigenvalue weighted by Gasteiger charge is -2.15. The average molecular weight is 327 g/mol. The Morgan fingerprint density at radius 1 is 1.12 bits per heavy atom. The Bertz CT molecular complexity index is 710. The number of hydrogen-bond donors (Lipinski definition) is 2. The van der Waals surface area contributed by atoms with Gasteiger partial charge in [0.15, 0.2) is 0 Å². The van der Waals surface area contributed by atoms with Crippen molar-refractivity contribution in [2.24, 2.45) is 0 Å². The minimum atomic E-state index is -0.877. The first-order chi connectivity index (χ1) is 11.5. The number of carboxylic acid groups (broad SMARTS) is 1. The molecule has 1 atom stereocenters. The maximum atomic E-state index is 12.2. The molecule has 0 fully saturated rings. The van der Waals surface area contributed by atoms with Gasteiger partial charge in [-0.2, -0.15) is 0 Å². The lowest BCUT2D eigenvalue weighted by atomic mass is 9.96. The fourth-order valence-corrected chi connectivity index (χ4v) is 2.55. The molecule has 1 unspecified atom stereocenters. The molecule has 0 saturated heterocycles. The first kappa shape index (κ1) is 17.5. The van der Waals surface area contributed by atoms with Gasteiger partial charge in [0.2, 0.25) is 5.91 Å². The molecule has 5 heteroatoms. The summed E-state index contributed by atoms with van der Waals surface area (Å²) in [5, 5.41) is 11.6. The number of hydrogen-bond acceptors (Lipinski definition) is 3. The first-order valence-corrected chi connectivity index (χ1v) is 7.73. The molecule has 0 aliphatic carbocycles. The van der Waals surface area contributed by atoms with Crippen LogP contribution in [0, 0.1) is 0 Å². The molecule has 2 aromatic carbocycles. The number of carbonyl (C=O) groups excluding carboxylic acids is 1. The van der Waals surface area contributed by atoms with E-state index in [0.717, 1.165) is 11.3 Å². The molecule has 0 aliphatic rings. The minimum Gasteiger partial charge on any atom is -0.496 e. The fraction of sp³-hybridized carbons (Fsp3) is 0.263. The Morgan fingerprint density at radius 3 is 2.42 bits per heavy atom. The van der Waals surface area contributed by atoms with Gasteiger partial charge in [-0.05, 0) is 35.2 Å². The van der Waals surface area contributed by atoms with Gasteiger partial charge in [0.1, 0.15) is 5.75 Å². The number of anilines is 1. The molecule has 24 heavy (non-hydrogen) atoms. The van der Waals surface area contributed by atoms with Crippen molar-refractivity contribution in [2.75, 3.05) is 12.4 Å². The molecule has 2 rings (SSSR count). The Morgan fingerprint density at radius 2 is 1.79 bits per heavy atom. The van der Waals surface area contributed by atoms with E-state index in [9.17, 15) is 9.59 Å². The number of ether oxygens (including phenoxy) is 1. The largest absolute Gasteiger partial charge is 0.496 e. The number of nitrogens with one attached hydrogen (secondary N) is 1. The van der Waals surface area contributed by atoms with E-state index >= 15 is 0 Å². The molecule has 0 radical (unpaired) electrons. The van der Waals surface area contributed by atoms with E-state index in [-0.39, 0.29) is 18.2 Å². The second-order valence-corrected chi connectivity index (χ2v) is 5.66. The first-order valence-electron chi connectivity index (χ1n) is 7.73. The molecule has 0 bridgehead atoms. The molecular weight excluding hydrogens is 306 g/mol. The standard InChI is InChI=1S/C19H21NO4/c1-13(16-5-3-4-6-17(16)24-2)11-18(21)20-15-9-7-14(8-10-15)12-19(22)23/h3-10,13H,11-12H2,1-2H3,(H,20,21)(H,22,23). The van der Waals surface area contributed by atoms with Gasteiger partial charge in [0.25, 0.3) is 0 Å². The summed E-state index contributed by atoms with van der Waals surface area (Å²) < 4.78 is 5.33. The summed E-state index contributed by atoms with van der Waals surface area (Å²) in [5.41, 5.74) is 2.34. The zero-order valence-electron chi connectivity index (χ0n) is 13.8. The van der Waals surface area contributed by atoms with Crippen molar-refractivity contribution in [1.29, 1.82) is 0 Å². The summed E-state index contributed by atoms with van der Waals surface area (Å²) in [4.78, 5) is 22.9. The summed E-state index contributed by atoms with van der Waals surface area (Å²) in [6.07, 6.45) is 0.302. The van der Waals surface area contributed by atoms with Gasteiger partial charge < -0.3 is 15.2 Å². The van der Waals surface area contributed by atoms with Crippen LogP contribution in [0.2, 0.25) is 0 Å². The predicted molar refractivity (Wildman–Crippen MR) is 92.4 cm³/mol. The highest BCUT2D eigenvalue weighted by molar-refractivity contribution is 5.91. The molecule has 0 aromatic heterocycles. The Balaban J connectivity index is 1.96. The highest BCUT2D eigenvalue weighted by Gasteiger charge is 2.15. The van der Waals surface area contributed by atoms with Gasteiger partial charge in [-0.1, -0.05) is 37.3 Å². The van der Waals surface area contributed by atoms with Crippen LogP contribution in [0.15, 0.2) is 48.5 Å². The van der Waals surface area contributed by atoms with Gasteiger partial charge in [0, 0.05) is 12.1 Å². The van der Waals surface area contributed by atoms with E-state index in [1.54, 1.807) is 31.4 Å². The van der Waals surface area contributed by atoms with Crippen LogP contribution in [0.1, 0.15) is 30.4 Å². The second kappa shape index (κ2) is 8.15. The number of carbonyl (C=O) groups is 2. The van der Waals surface area contributed by atoms with Crippen molar-refractivity contribution in [3.63, 3.8) is 0 Å². The van der Waals surface area contributed by atoms with Crippen molar-refractivity contribution < 1.29 is 19.4 Å². The molecule has 0 saturated carbocycles. The van der Waals surface area contributed by atoms with Gasteiger partial charge in [-0.3, -0.25) is 9.59 Å². The lowest BCUT2D eigenvalue weighted by Crippen LogP contribution is -2.14. The number of aliphatic carboxylic acids is 1. The third-order valence-electron chi connectivity index (χ3n) is 3.75. The molecule has 0 aliphatic heterocycles. The normalized spacial score (nSPS) is 11.6. The van der Waals surface area contributed by atoms with Crippen LogP contribution in [0.5, 0.6) is 5.75 Å². The summed E-state index contributed by atoms with van der Waals surface area (Å²) in [6, 6.07) is 14.5. The Labute approximate surface area is 141 Å². The lowest BCUT2D eigenvalue weighted by molar-refractivity contribution is -0.136. The van der Waals surface area contributed by atoms with Crippen molar-refractivity contribution >= 4 is 17.6 Å². The van der Waals surface area contributed by atoms with Crippen molar-refractivity contribution in [3.05, 3.63) is 59.7 Å². The number of carboxylic acids is 1. The summed E-state index contributed by atoms with van der Waals surface area (Å²) in [7, 11) is 1.62. The Kier molecular flexibility index (Phi) is 5.95. The van der Waals surface area contributed by atoms with Gasteiger partial charge in [-0.15, -0.1) is 0 Å². The molecule has 1 amide bonds. The zero-order valence-corrected chi connectivity index (χ0v) is 13.8. The molecule has 2 aromatic rings. The molecule has 5 nitrogen and oxygen atoms in total. The Hall–Kier alpha value is -2.82. The van der Waals surface area contributed by atoms with Crippen molar-refractivity contribution in [2.45, 2.75) is 25.7 Å². The molecular formula is C19H21NO4. The monoisotopic (exact) mass is 327 g/mol. The predicted octanol–water partition coefficient (Wildman–Crippen LogP) is 3.45. The maximum absolute atomic E-state index is 12.2. The molecule has 0 heterocycles. The van der Waals surface area contributed by atoms with Crippen LogP contribution < -0.4 is 10.1 Å². The molecule has 2 N–H and O–H groups in total.